The van der Waals surface area contributed by atoms with Crippen LogP contribution < -0.4 is 10.9 Å². The highest BCUT2D eigenvalue weighted by Crippen LogP contribution is 2.37. The Hall–Kier alpha value is -2.90. The summed E-state index contributed by atoms with van der Waals surface area (Å²) in [6, 6.07) is 13.8. The smallest absolute Gasteiger partial charge is 0.267 e. The molecule has 0 radical (unpaired) electrons. The Morgan fingerprint density at radius 1 is 1.17 bits per heavy atom. The van der Waals surface area contributed by atoms with Crippen molar-refractivity contribution in [2.24, 2.45) is 5.92 Å². The Labute approximate surface area is 213 Å². The fourth-order valence-electron chi connectivity index (χ4n) is 4.79. The van der Waals surface area contributed by atoms with Gasteiger partial charge in [0.2, 0.25) is 5.91 Å². The number of carbonyl (C=O) groups is 1. The number of benzene rings is 2. The lowest BCUT2D eigenvalue weighted by molar-refractivity contribution is -0.113. The van der Waals surface area contributed by atoms with Crippen LogP contribution in [-0.2, 0) is 17.6 Å². The molecule has 1 aliphatic carbocycles. The number of rotatable bonds is 5. The largest absolute Gasteiger partial charge is 0.325 e. The van der Waals surface area contributed by atoms with Gasteiger partial charge in [0.25, 0.3) is 5.56 Å². The van der Waals surface area contributed by atoms with Gasteiger partial charge >= 0.3 is 0 Å². The Balaban J connectivity index is 1.56. The van der Waals surface area contributed by atoms with Gasteiger partial charge in [-0.1, -0.05) is 48.5 Å². The van der Waals surface area contributed by atoms with E-state index >= 15 is 0 Å². The summed E-state index contributed by atoms with van der Waals surface area (Å²) in [4.78, 5) is 33.8. The second-order valence-electron chi connectivity index (χ2n) is 9.56. The minimum Gasteiger partial charge on any atom is -0.325 e. The Morgan fingerprint density at radius 3 is 2.74 bits per heavy atom. The first kappa shape index (κ1) is 23.8. The number of amides is 1. The van der Waals surface area contributed by atoms with E-state index in [-0.39, 0.29) is 17.2 Å². The molecule has 1 N–H and O–H groups in total. The predicted molar refractivity (Wildman–Crippen MR) is 146 cm³/mol. The third kappa shape index (κ3) is 4.80. The van der Waals surface area contributed by atoms with Gasteiger partial charge in [0.15, 0.2) is 5.16 Å². The summed E-state index contributed by atoms with van der Waals surface area (Å²) in [6.45, 7) is 8.32. The van der Waals surface area contributed by atoms with Gasteiger partial charge in [0.1, 0.15) is 4.83 Å². The molecule has 180 valence electrons. The van der Waals surface area contributed by atoms with Crippen LogP contribution in [0.25, 0.3) is 15.9 Å². The Bertz CT molecular complexity index is 1500. The van der Waals surface area contributed by atoms with Crippen molar-refractivity contribution in [3.05, 3.63) is 79.9 Å². The molecular weight excluding hydrogens is 474 g/mol. The molecule has 0 unspecified atom stereocenters. The average molecular weight is 504 g/mol. The number of hydrogen-bond acceptors (Lipinski definition) is 5. The quantitative estimate of drug-likeness (QED) is 0.259. The molecule has 7 heteroatoms. The maximum Gasteiger partial charge on any atom is 0.267 e. The van der Waals surface area contributed by atoms with E-state index in [0.29, 0.717) is 11.1 Å². The van der Waals surface area contributed by atoms with Crippen molar-refractivity contribution in [3.8, 4) is 5.69 Å². The number of aryl methyl sites for hydroxylation is 4. The second kappa shape index (κ2) is 9.63. The number of hydrogen-bond donors (Lipinski definition) is 1. The maximum absolute atomic E-state index is 14.0. The van der Waals surface area contributed by atoms with E-state index in [2.05, 4.69) is 18.3 Å². The number of nitrogens with zero attached hydrogens (tertiary/aromatic N) is 2. The predicted octanol–water partition coefficient (Wildman–Crippen LogP) is 6.23. The number of nitrogens with one attached hydrogen (secondary N) is 1. The van der Waals surface area contributed by atoms with Gasteiger partial charge in [-0.25, -0.2) is 4.98 Å². The molecular formula is C28H29N3O2S2. The molecule has 0 fully saturated rings. The van der Waals surface area contributed by atoms with Crippen LogP contribution in [0.4, 0.5) is 5.69 Å². The zero-order valence-electron chi connectivity index (χ0n) is 20.5. The van der Waals surface area contributed by atoms with Crippen molar-refractivity contribution < 1.29 is 4.79 Å². The van der Waals surface area contributed by atoms with Crippen LogP contribution in [0.3, 0.4) is 0 Å². The van der Waals surface area contributed by atoms with Gasteiger partial charge in [-0.2, -0.15) is 0 Å². The van der Waals surface area contributed by atoms with Crippen LogP contribution in [0, 0.1) is 26.7 Å². The summed E-state index contributed by atoms with van der Waals surface area (Å²) in [7, 11) is 0. The molecule has 0 saturated heterocycles. The molecule has 1 atom stereocenters. The monoisotopic (exact) mass is 503 g/mol. The Morgan fingerprint density at radius 2 is 1.97 bits per heavy atom. The molecule has 5 rings (SSSR count). The van der Waals surface area contributed by atoms with Crippen molar-refractivity contribution in [1.82, 2.24) is 9.55 Å². The molecule has 5 nitrogen and oxygen atoms in total. The molecule has 0 spiro atoms. The van der Waals surface area contributed by atoms with Crippen molar-refractivity contribution >= 4 is 44.9 Å². The molecule has 2 aromatic heterocycles. The van der Waals surface area contributed by atoms with Crippen LogP contribution >= 0.6 is 23.1 Å². The van der Waals surface area contributed by atoms with Gasteiger partial charge < -0.3 is 5.32 Å². The fraction of sp³-hybridized carbons (Fsp3) is 0.321. The first-order chi connectivity index (χ1) is 16.8. The fourth-order valence-corrected chi connectivity index (χ4v) is 7.02. The van der Waals surface area contributed by atoms with Crippen molar-refractivity contribution in [2.45, 2.75) is 52.1 Å². The molecule has 0 aliphatic heterocycles. The van der Waals surface area contributed by atoms with E-state index in [1.54, 1.807) is 15.9 Å². The van der Waals surface area contributed by atoms with E-state index in [1.807, 2.05) is 57.2 Å². The summed E-state index contributed by atoms with van der Waals surface area (Å²) in [5, 5.41) is 4.27. The van der Waals surface area contributed by atoms with E-state index in [1.165, 1.54) is 22.2 Å². The normalized spacial score (nSPS) is 15.3. The molecule has 0 saturated carbocycles. The minimum atomic E-state index is -0.124. The average Bonchev–Trinajstić information content (AvgIpc) is 3.16. The van der Waals surface area contributed by atoms with Crippen molar-refractivity contribution in [1.29, 1.82) is 0 Å². The highest BCUT2D eigenvalue weighted by Gasteiger charge is 2.25. The molecule has 2 aromatic carbocycles. The van der Waals surface area contributed by atoms with Crippen molar-refractivity contribution in [3.63, 3.8) is 0 Å². The summed E-state index contributed by atoms with van der Waals surface area (Å²) in [5.74, 6) is 0.663. The molecule has 0 bridgehead atoms. The van der Waals surface area contributed by atoms with E-state index in [4.69, 9.17) is 4.98 Å². The second-order valence-corrected chi connectivity index (χ2v) is 11.6. The topological polar surface area (TPSA) is 64.0 Å². The van der Waals surface area contributed by atoms with Gasteiger partial charge in [-0.15, -0.1) is 11.3 Å². The molecule has 1 amide bonds. The number of anilines is 1. The van der Waals surface area contributed by atoms with E-state index in [9.17, 15) is 9.59 Å². The zero-order chi connectivity index (χ0) is 24.7. The lowest BCUT2D eigenvalue weighted by Crippen LogP contribution is -2.24. The molecule has 1 aliphatic rings. The molecule has 2 heterocycles. The third-order valence-corrected chi connectivity index (χ3v) is 8.61. The SMILES string of the molecule is Cc1cccc(NC(=O)CSc2nc3sc4c(c3c(=O)n2-c2ccc(C)cc2C)CC[C@H](C)C4)c1. The van der Waals surface area contributed by atoms with Crippen LogP contribution in [0.5, 0.6) is 0 Å². The van der Waals surface area contributed by atoms with Gasteiger partial charge in [0, 0.05) is 10.6 Å². The number of thiophene rings is 1. The van der Waals surface area contributed by atoms with Gasteiger partial charge in [-0.05, 0) is 80.8 Å². The number of carbonyl (C=O) groups excluding carboxylic acids is 1. The number of thioether (sulfide) groups is 1. The minimum absolute atomic E-state index is 0.0319. The first-order valence-electron chi connectivity index (χ1n) is 11.9. The lowest BCUT2D eigenvalue weighted by Gasteiger charge is -2.18. The lowest BCUT2D eigenvalue weighted by atomic mass is 9.89. The molecule has 4 aromatic rings. The Kier molecular flexibility index (Phi) is 6.55. The van der Waals surface area contributed by atoms with E-state index in [0.717, 1.165) is 57.5 Å². The zero-order valence-corrected chi connectivity index (χ0v) is 22.1. The molecule has 35 heavy (non-hydrogen) atoms. The number of aromatic nitrogens is 2. The van der Waals surface area contributed by atoms with Crippen LogP contribution in [0.2, 0.25) is 0 Å². The highest BCUT2D eigenvalue weighted by atomic mass is 32.2. The summed E-state index contributed by atoms with van der Waals surface area (Å²) < 4.78 is 1.72. The summed E-state index contributed by atoms with van der Waals surface area (Å²) >= 11 is 2.95. The number of fused-ring (bicyclic) bond motifs is 3. The highest BCUT2D eigenvalue weighted by molar-refractivity contribution is 7.99. The van der Waals surface area contributed by atoms with Crippen molar-refractivity contribution in [2.75, 3.05) is 11.1 Å². The standard InChI is InChI=1S/C28H29N3O2S2/c1-16-6-5-7-20(13-16)29-24(32)15-34-28-30-26-25(21-10-8-18(3)14-23(21)35-26)27(33)31(28)22-11-9-17(2)12-19(22)4/h5-7,9,11-13,18H,8,10,14-15H2,1-4H3,(H,29,32)/t18-/m0/s1. The van der Waals surface area contributed by atoms with Crippen LogP contribution in [0.15, 0.2) is 52.4 Å². The van der Waals surface area contributed by atoms with E-state index < -0.39 is 0 Å². The maximum atomic E-state index is 14.0. The first-order valence-corrected chi connectivity index (χ1v) is 13.7. The summed E-state index contributed by atoms with van der Waals surface area (Å²) in [5.41, 5.74) is 5.97. The van der Waals surface area contributed by atoms with Crippen LogP contribution in [-0.4, -0.2) is 21.2 Å². The summed E-state index contributed by atoms with van der Waals surface area (Å²) in [6.07, 6.45) is 3.02. The van der Waals surface area contributed by atoms with Crippen LogP contribution in [0.1, 0.15) is 40.5 Å². The van der Waals surface area contributed by atoms with Gasteiger partial charge in [-0.3, -0.25) is 14.2 Å². The third-order valence-electron chi connectivity index (χ3n) is 6.53. The van der Waals surface area contributed by atoms with Gasteiger partial charge in [0.05, 0.1) is 16.8 Å².